The molecule has 0 spiro atoms. The van der Waals surface area contributed by atoms with Gasteiger partial charge in [0, 0.05) is 24.1 Å². The highest BCUT2D eigenvalue weighted by molar-refractivity contribution is 5.32. The third-order valence-corrected chi connectivity index (χ3v) is 3.36. The molecule has 76 valence electrons. The van der Waals surface area contributed by atoms with Gasteiger partial charge in [0.15, 0.2) is 0 Å². The third kappa shape index (κ3) is 1.19. The van der Waals surface area contributed by atoms with Crippen LogP contribution in [0.15, 0.2) is 4.52 Å². The highest BCUT2D eigenvalue weighted by Gasteiger charge is 2.37. The van der Waals surface area contributed by atoms with Crippen molar-refractivity contribution in [2.75, 3.05) is 0 Å². The average Bonchev–Trinajstić information content (AvgIpc) is 2.82. The molecule has 1 aromatic heterocycles. The Kier molecular flexibility index (Phi) is 1.71. The van der Waals surface area contributed by atoms with Gasteiger partial charge in [0.25, 0.3) is 0 Å². The van der Waals surface area contributed by atoms with Crippen molar-refractivity contribution < 1.29 is 4.52 Å². The monoisotopic (exact) mass is 192 g/mol. The van der Waals surface area contributed by atoms with E-state index in [0.29, 0.717) is 12.0 Å². The van der Waals surface area contributed by atoms with Crippen LogP contribution in [0.3, 0.4) is 0 Å². The summed E-state index contributed by atoms with van der Waals surface area (Å²) in [5.41, 5.74) is 2.41. The normalized spacial score (nSPS) is 30.7. The molecule has 2 unspecified atom stereocenters. The summed E-state index contributed by atoms with van der Waals surface area (Å²) in [5.74, 6) is 1.76. The van der Waals surface area contributed by atoms with Gasteiger partial charge < -0.3 is 9.84 Å². The first-order valence-electron chi connectivity index (χ1n) is 5.47. The Bertz CT molecular complexity index is 354. The summed E-state index contributed by atoms with van der Waals surface area (Å²) in [7, 11) is 0. The van der Waals surface area contributed by atoms with E-state index in [-0.39, 0.29) is 0 Å². The van der Waals surface area contributed by atoms with Gasteiger partial charge in [0.05, 0.1) is 5.69 Å². The first kappa shape index (κ1) is 8.48. The van der Waals surface area contributed by atoms with Crippen LogP contribution < -0.4 is 5.32 Å². The summed E-state index contributed by atoms with van der Waals surface area (Å²) in [6, 6.07) is 1.24. The van der Waals surface area contributed by atoms with Gasteiger partial charge in [-0.1, -0.05) is 12.1 Å². The SMILES string of the molecule is Cc1noc2c1C(NC1CC1)C(C)C2. The van der Waals surface area contributed by atoms with Crippen LogP contribution in [0.1, 0.15) is 42.8 Å². The van der Waals surface area contributed by atoms with Gasteiger partial charge in [-0.15, -0.1) is 0 Å². The molecular formula is C11H16N2O. The zero-order valence-corrected chi connectivity index (χ0v) is 8.71. The predicted molar refractivity (Wildman–Crippen MR) is 53.0 cm³/mol. The number of hydrogen-bond acceptors (Lipinski definition) is 3. The molecule has 0 saturated heterocycles. The van der Waals surface area contributed by atoms with E-state index in [4.69, 9.17) is 4.52 Å². The van der Waals surface area contributed by atoms with Crippen molar-refractivity contribution in [3.63, 3.8) is 0 Å². The van der Waals surface area contributed by atoms with Crippen molar-refractivity contribution in [2.24, 2.45) is 5.92 Å². The fourth-order valence-electron chi connectivity index (χ4n) is 2.42. The summed E-state index contributed by atoms with van der Waals surface area (Å²) in [5, 5.41) is 7.72. The molecule has 0 aromatic carbocycles. The molecule has 3 heteroatoms. The standard InChI is InChI=1S/C11H16N2O/c1-6-5-9-10(7(2)13-14-9)11(6)12-8-3-4-8/h6,8,11-12H,3-5H2,1-2H3. The maximum absolute atomic E-state index is 5.32. The third-order valence-electron chi connectivity index (χ3n) is 3.36. The lowest BCUT2D eigenvalue weighted by Crippen LogP contribution is -2.26. The Balaban J connectivity index is 1.90. The van der Waals surface area contributed by atoms with Gasteiger partial charge in [0.2, 0.25) is 0 Å². The average molecular weight is 192 g/mol. The minimum atomic E-state index is 0.490. The molecule has 0 radical (unpaired) electrons. The molecule has 0 amide bonds. The van der Waals surface area contributed by atoms with Gasteiger partial charge in [-0.3, -0.25) is 0 Å². The van der Waals surface area contributed by atoms with Crippen molar-refractivity contribution in [3.8, 4) is 0 Å². The number of aromatic nitrogens is 1. The fourth-order valence-corrected chi connectivity index (χ4v) is 2.42. The van der Waals surface area contributed by atoms with Crippen LogP contribution in [-0.2, 0) is 6.42 Å². The van der Waals surface area contributed by atoms with Gasteiger partial charge in [-0.25, -0.2) is 0 Å². The number of hydrogen-bond donors (Lipinski definition) is 1. The first-order chi connectivity index (χ1) is 6.75. The zero-order valence-electron chi connectivity index (χ0n) is 8.71. The van der Waals surface area contributed by atoms with E-state index in [1.165, 1.54) is 18.4 Å². The van der Waals surface area contributed by atoms with Crippen LogP contribution in [0.5, 0.6) is 0 Å². The molecule has 1 fully saturated rings. The molecule has 0 aliphatic heterocycles. The second kappa shape index (κ2) is 2.83. The van der Waals surface area contributed by atoms with E-state index in [9.17, 15) is 0 Å². The van der Waals surface area contributed by atoms with E-state index < -0.39 is 0 Å². The Labute approximate surface area is 83.9 Å². The van der Waals surface area contributed by atoms with Crippen molar-refractivity contribution in [3.05, 3.63) is 17.0 Å². The number of nitrogens with zero attached hydrogens (tertiary/aromatic N) is 1. The van der Waals surface area contributed by atoms with Crippen LogP contribution >= 0.6 is 0 Å². The lowest BCUT2D eigenvalue weighted by atomic mass is 10.0. The van der Waals surface area contributed by atoms with Crippen LogP contribution in [0.2, 0.25) is 0 Å². The smallest absolute Gasteiger partial charge is 0.142 e. The van der Waals surface area contributed by atoms with E-state index in [2.05, 4.69) is 17.4 Å². The van der Waals surface area contributed by atoms with Crippen molar-refractivity contribution in [2.45, 2.75) is 45.2 Å². The lowest BCUT2D eigenvalue weighted by molar-refractivity contribution is 0.353. The van der Waals surface area contributed by atoms with Crippen molar-refractivity contribution in [1.29, 1.82) is 0 Å². The molecule has 2 atom stereocenters. The van der Waals surface area contributed by atoms with Gasteiger partial charge in [0.1, 0.15) is 5.76 Å². The summed E-state index contributed by atoms with van der Waals surface area (Å²) < 4.78 is 5.32. The molecule has 3 nitrogen and oxygen atoms in total. The van der Waals surface area contributed by atoms with Gasteiger partial charge in [-0.05, 0) is 25.7 Å². The van der Waals surface area contributed by atoms with Crippen molar-refractivity contribution in [1.82, 2.24) is 10.5 Å². The van der Waals surface area contributed by atoms with E-state index in [1.54, 1.807) is 0 Å². The molecule has 1 heterocycles. The second-order valence-corrected chi connectivity index (χ2v) is 4.70. The van der Waals surface area contributed by atoms with Gasteiger partial charge in [-0.2, -0.15) is 0 Å². The Hall–Kier alpha value is -0.830. The highest BCUT2D eigenvalue weighted by atomic mass is 16.5. The number of rotatable bonds is 2. The lowest BCUT2D eigenvalue weighted by Gasteiger charge is -2.17. The number of fused-ring (bicyclic) bond motifs is 1. The molecular weight excluding hydrogens is 176 g/mol. The minimum absolute atomic E-state index is 0.490. The molecule has 1 N–H and O–H groups in total. The number of aryl methyl sites for hydroxylation is 1. The topological polar surface area (TPSA) is 38.1 Å². The minimum Gasteiger partial charge on any atom is -0.361 e. The molecule has 1 aromatic rings. The molecule has 14 heavy (non-hydrogen) atoms. The Morgan fingerprint density at radius 1 is 1.43 bits per heavy atom. The Morgan fingerprint density at radius 3 is 2.93 bits per heavy atom. The zero-order chi connectivity index (χ0) is 9.71. The van der Waals surface area contributed by atoms with Crippen LogP contribution in [0, 0.1) is 12.8 Å². The van der Waals surface area contributed by atoms with Gasteiger partial charge >= 0.3 is 0 Å². The second-order valence-electron chi connectivity index (χ2n) is 4.70. The molecule has 2 aliphatic rings. The quantitative estimate of drug-likeness (QED) is 0.778. The summed E-state index contributed by atoms with van der Waals surface area (Å²) in [4.78, 5) is 0. The maximum atomic E-state index is 5.32. The summed E-state index contributed by atoms with van der Waals surface area (Å²) in [6.45, 7) is 4.33. The Morgan fingerprint density at radius 2 is 2.21 bits per heavy atom. The largest absolute Gasteiger partial charge is 0.361 e. The summed E-state index contributed by atoms with van der Waals surface area (Å²) >= 11 is 0. The first-order valence-corrected chi connectivity index (χ1v) is 5.47. The maximum Gasteiger partial charge on any atom is 0.142 e. The van der Waals surface area contributed by atoms with E-state index in [1.807, 2.05) is 6.92 Å². The van der Waals surface area contributed by atoms with Crippen LogP contribution in [0.4, 0.5) is 0 Å². The van der Waals surface area contributed by atoms with Crippen LogP contribution in [-0.4, -0.2) is 11.2 Å². The number of nitrogens with one attached hydrogen (secondary N) is 1. The van der Waals surface area contributed by atoms with Crippen molar-refractivity contribution >= 4 is 0 Å². The predicted octanol–water partition coefficient (Wildman–Crippen LogP) is 1.97. The van der Waals surface area contributed by atoms with E-state index in [0.717, 1.165) is 23.9 Å². The fraction of sp³-hybridized carbons (Fsp3) is 0.727. The highest BCUT2D eigenvalue weighted by Crippen LogP contribution is 2.39. The molecule has 1 saturated carbocycles. The molecule has 2 aliphatic carbocycles. The summed E-state index contributed by atoms with van der Waals surface area (Å²) in [6.07, 6.45) is 3.71. The van der Waals surface area contributed by atoms with E-state index >= 15 is 0 Å². The molecule has 3 rings (SSSR count). The molecule has 0 bridgehead atoms. The van der Waals surface area contributed by atoms with Crippen LogP contribution in [0.25, 0.3) is 0 Å².